The van der Waals surface area contributed by atoms with Crippen LogP contribution < -0.4 is 0 Å². The number of carbonyl (C=O) groups is 1. The summed E-state index contributed by atoms with van der Waals surface area (Å²) in [5.41, 5.74) is 2.71. The molecule has 0 bridgehead atoms. The highest BCUT2D eigenvalue weighted by atomic mass is 16.2. The molecule has 0 N–H and O–H groups in total. The normalized spacial score (nSPS) is 14.2. The number of hydrogen-bond acceptors (Lipinski definition) is 2. The van der Waals surface area contributed by atoms with Crippen molar-refractivity contribution >= 4 is 5.91 Å². The Morgan fingerprint density at radius 1 is 1.29 bits per heavy atom. The molecule has 1 amide bonds. The number of aryl methyl sites for hydroxylation is 1. The monoisotopic (exact) mass is 227 g/mol. The third-order valence-electron chi connectivity index (χ3n) is 3.11. The second-order valence-electron chi connectivity index (χ2n) is 4.33. The minimum atomic E-state index is 0.0468. The average molecular weight is 227 g/mol. The van der Waals surface area contributed by atoms with Gasteiger partial charge in [-0.25, -0.2) is 4.98 Å². The first-order chi connectivity index (χ1) is 8.18. The number of imidazole rings is 1. The van der Waals surface area contributed by atoms with Gasteiger partial charge >= 0.3 is 0 Å². The molecule has 3 rings (SSSR count). The number of fused-ring (bicyclic) bond motifs is 3. The van der Waals surface area contributed by atoms with Crippen LogP contribution in [0.4, 0.5) is 0 Å². The lowest BCUT2D eigenvalue weighted by Gasteiger charge is -2.12. The van der Waals surface area contributed by atoms with Gasteiger partial charge in [0.1, 0.15) is 5.82 Å². The van der Waals surface area contributed by atoms with Gasteiger partial charge in [-0.1, -0.05) is 12.1 Å². The second kappa shape index (κ2) is 3.45. The van der Waals surface area contributed by atoms with Gasteiger partial charge in [-0.05, 0) is 19.1 Å². The molecule has 0 spiro atoms. The van der Waals surface area contributed by atoms with Crippen LogP contribution in [0.25, 0.3) is 5.69 Å². The molecule has 4 heteroatoms. The number of para-hydroxylation sites is 1. The van der Waals surface area contributed by atoms with Crippen molar-refractivity contribution in [2.75, 3.05) is 7.05 Å². The predicted molar refractivity (Wildman–Crippen MR) is 64.1 cm³/mol. The van der Waals surface area contributed by atoms with Crippen molar-refractivity contribution in [2.45, 2.75) is 13.5 Å². The predicted octanol–water partition coefficient (Wildman–Crippen LogP) is 1.77. The van der Waals surface area contributed by atoms with E-state index in [1.165, 1.54) is 0 Å². The maximum absolute atomic E-state index is 12.2. The fraction of sp³-hybridized carbons (Fsp3) is 0.231. The average Bonchev–Trinajstić information content (AvgIpc) is 2.64. The van der Waals surface area contributed by atoms with Crippen molar-refractivity contribution in [1.29, 1.82) is 0 Å². The SMILES string of the molecule is Cc1cnc2n1-c1ccccc1C(=O)N(C)C2. The summed E-state index contributed by atoms with van der Waals surface area (Å²) in [5.74, 6) is 0.953. The van der Waals surface area contributed by atoms with E-state index in [0.29, 0.717) is 6.54 Å². The van der Waals surface area contributed by atoms with E-state index in [1.807, 2.05) is 37.4 Å². The second-order valence-corrected chi connectivity index (χ2v) is 4.33. The molecule has 0 saturated carbocycles. The van der Waals surface area contributed by atoms with Crippen LogP contribution in [0.2, 0.25) is 0 Å². The Morgan fingerprint density at radius 2 is 2.06 bits per heavy atom. The first-order valence-corrected chi connectivity index (χ1v) is 5.56. The van der Waals surface area contributed by atoms with E-state index in [-0.39, 0.29) is 5.91 Å². The minimum absolute atomic E-state index is 0.0468. The Labute approximate surface area is 99.5 Å². The first kappa shape index (κ1) is 10.1. The topological polar surface area (TPSA) is 38.1 Å². The lowest BCUT2D eigenvalue weighted by molar-refractivity contribution is 0.0786. The van der Waals surface area contributed by atoms with E-state index in [1.54, 1.807) is 11.9 Å². The van der Waals surface area contributed by atoms with Crippen molar-refractivity contribution in [3.05, 3.63) is 47.5 Å². The zero-order chi connectivity index (χ0) is 12.0. The van der Waals surface area contributed by atoms with E-state index >= 15 is 0 Å². The van der Waals surface area contributed by atoms with Crippen LogP contribution in [-0.4, -0.2) is 27.4 Å². The molecule has 86 valence electrons. The Bertz CT molecular complexity index is 600. The summed E-state index contributed by atoms with van der Waals surface area (Å²) in [6, 6.07) is 7.66. The number of nitrogens with zero attached hydrogens (tertiary/aromatic N) is 3. The molecule has 0 unspecified atom stereocenters. The van der Waals surface area contributed by atoms with Crippen molar-refractivity contribution in [1.82, 2.24) is 14.5 Å². The molecule has 0 saturated heterocycles. The number of hydrogen-bond donors (Lipinski definition) is 0. The van der Waals surface area contributed by atoms with Crippen LogP contribution in [0.3, 0.4) is 0 Å². The lowest BCUT2D eigenvalue weighted by atomic mass is 10.1. The Kier molecular flexibility index (Phi) is 2.04. The number of benzene rings is 1. The van der Waals surface area contributed by atoms with Crippen LogP contribution in [0.5, 0.6) is 0 Å². The maximum atomic E-state index is 12.2. The van der Waals surface area contributed by atoms with Crippen LogP contribution in [0.1, 0.15) is 21.9 Å². The van der Waals surface area contributed by atoms with Gasteiger partial charge in [-0.3, -0.25) is 9.36 Å². The number of amides is 1. The van der Waals surface area contributed by atoms with Gasteiger partial charge in [-0.15, -0.1) is 0 Å². The van der Waals surface area contributed by atoms with Gasteiger partial charge in [0.05, 0.1) is 17.8 Å². The molecule has 4 nitrogen and oxygen atoms in total. The molecule has 0 atom stereocenters. The van der Waals surface area contributed by atoms with Gasteiger partial charge in [-0.2, -0.15) is 0 Å². The fourth-order valence-electron chi connectivity index (χ4n) is 2.27. The highest BCUT2D eigenvalue weighted by Gasteiger charge is 2.24. The quantitative estimate of drug-likeness (QED) is 0.688. The minimum Gasteiger partial charge on any atom is -0.334 e. The Hall–Kier alpha value is -2.10. The summed E-state index contributed by atoms with van der Waals surface area (Å²) in [4.78, 5) is 18.3. The standard InChI is InChI=1S/C13H13N3O/c1-9-7-14-12-8-15(2)13(17)10-5-3-4-6-11(10)16(9)12/h3-7H,8H2,1-2H3. The van der Waals surface area contributed by atoms with Crippen molar-refractivity contribution in [3.63, 3.8) is 0 Å². The molecule has 1 aromatic carbocycles. The Balaban J connectivity index is 2.35. The van der Waals surface area contributed by atoms with Gasteiger partial charge in [0, 0.05) is 18.9 Å². The van der Waals surface area contributed by atoms with Gasteiger partial charge in [0.15, 0.2) is 0 Å². The maximum Gasteiger partial charge on any atom is 0.256 e. The molecule has 0 aliphatic carbocycles. The zero-order valence-corrected chi connectivity index (χ0v) is 9.84. The van der Waals surface area contributed by atoms with Crippen LogP contribution in [-0.2, 0) is 6.54 Å². The summed E-state index contributed by atoms with van der Waals surface area (Å²) < 4.78 is 2.05. The van der Waals surface area contributed by atoms with Crippen molar-refractivity contribution < 1.29 is 4.79 Å². The van der Waals surface area contributed by atoms with E-state index in [2.05, 4.69) is 9.55 Å². The van der Waals surface area contributed by atoms with Gasteiger partial charge in [0.25, 0.3) is 5.91 Å². The van der Waals surface area contributed by atoms with E-state index in [0.717, 1.165) is 22.8 Å². The molecule has 1 aromatic heterocycles. The molecular weight excluding hydrogens is 214 g/mol. The summed E-state index contributed by atoms with van der Waals surface area (Å²) in [7, 11) is 1.80. The molecule has 2 heterocycles. The summed E-state index contributed by atoms with van der Waals surface area (Å²) in [5, 5.41) is 0. The van der Waals surface area contributed by atoms with Crippen LogP contribution in [0.15, 0.2) is 30.5 Å². The summed E-state index contributed by atoms with van der Waals surface area (Å²) in [6.45, 7) is 2.55. The third-order valence-corrected chi connectivity index (χ3v) is 3.11. The number of aromatic nitrogens is 2. The summed E-state index contributed by atoms with van der Waals surface area (Å²) in [6.07, 6.45) is 1.84. The molecular formula is C13H13N3O. The number of carbonyl (C=O) groups excluding carboxylic acids is 1. The van der Waals surface area contributed by atoms with E-state index in [4.69, 9.17) is 0 Å². The third kappa shape index (κ3) is 1.37. The fourth-order valence-corrected chi connectivity index (χ4v) is 2.27. The highest BCUT2D eigenvalue weighted by molar-refractivity contribution is 5.98. The van der Waals surface area contributed by atoms with Gasteiger partial charge < -0.3 is 4.90 Å². The van der Waals surface area contributed by atoms with Crippen LogP contribution in [0, 0.1) is 6.92 Å². The first-order valence-electron chi connectivity index (χ1n) is 5.56. The lowest BCUT2D eigenvalue weighted by Crippen LogP contribution is -2.25. The molecule has 0 radical (unpaired) electrons. The van der Waals surface area contributed by atoms with E-state index in [9.17, 15) is 4.79 Å². The molecule has 0 fully saturated rings. The molecule has 1 aliphatic heterocycles. The zero-order valence-electron chi connectivity index (χ0n) is 9.84. The van der Waals surface area contributed by atoms with Crippen molar-refractivity contribution in [3.8, 4) is 5.69 Å². The van der Waals surface area contributed by atoms with Crippen LogP contribution >= 0.6 is 0 Å². The highest BCUT2D eigenvalue weighted by Crippen LogP contribution is 2.24. The molecule has 1 aliphatic rings. The molecule has 2 aromatic rings. The summed E-state index contributed by atoms with van der Waals surface area (Å²) >= 11 is 0. The Morgan fingerprint density at radius 3 is 2.88 bits per heavy atom. The van der Waals surface area contributed by atoms with E-state index < -0.39 is 0 Å². The van der Waals surface area contributed by atoms with Gasteiger partial charge in [0.2, 0.25) is 0 Å². The largest absolute Gasteiger partial charge is 0.334 e. The van der Waals surface area contributed by atoms with Crippen molar-refractivity contribution in [2.24, 2.45) is 0 Å². The number of rotatable bonds is 0. The molecule has 17 heavy (non-hydrogen) atoms. The smallest absolute Gasteiger partial charge is 0.256 e.